The van der Waals surface area contributed by atoms with E-state index in [1.165, 1.54) is 0 Å². The molecular formula is C9H20N2O. The maximum atomic E-state index is 11.1. The third kappa shape index (κ3) is 3.83. The molecule has 0 saturated carbocycles. The van der Waals surface area contributed by atoms with Crippen LogP contribution in [0.1, 0.15) is 27.2 Å². The van der Waals surface area contributed by atoms with Crippen molar-refractivity contribution in [1.29, 1.82) is 0 Å². The largest absolute Gasteiger partial charge is 0.315 e. The standard InChI is InChI=1S/C9H20N2O/c1-7(12)8(10-4)6-9(2,3)11-5/h8,10-11H,6H2,1-5H3. The second kappa shape index (κ2) is 4.58. The van der Waals surface area contributed by atoms with Crippen molar-refractivity contribution in [1.82, 2.24) is 10.6 Å². The van der Waals surface area contributed by atoms with E-state index in [4.69, 9.17) is 0 Å². The zero-order valence-corrected chi connectivity index (χ0v) is 8.69. The van der Waals surface area contributed by atoms with Gasteiger partial charge < -0.3 is 10.6 Å². The highest BCUT2D eigenvalue weighted by Gasteiger charge is 2.22. The molecule has 0 radical (unpaired) electrons. The fraction of sp³-hybridized carbons (Fsp3) is 0.889. The van der Waals surface area contributed by atoms with Gasteiger partial charge in [-0.1, -0.05) is 0 Å². The van der Waals surface area contributed by atoms with Gasteiger partial charge in [-0.2, -0.15) is 0 Å². The minimum Gasteiger partial charge on any atom is -0.315 e. The van der Waals surface area contributed by atoms with Crippen LogP contribution in [0.4, 0.5) is 0 Å². The van der Waals surface area contributed by atoms with Crippen molar-refractivity contribution < 1.29 is 4.79 Å². The number of carbonyl (C=O) groups is 1. The van der Waals surface area contributed by atoms with Gasteiger partial charge in [0.25, 0.3) is 0 Å². The lowest BCUT2D eigenvalue weighted by atomic mass is 9.94. The Balaban J connectivity index is 4.11. The Morgan fingerprint density at radius 2 is 1.92 bits per heavy atom. The molecule has 1 unspecified atom stereocenters. The van der Waals surface area contributed by atoms with Gasteiger partial charge in [0.15, 0.2) is 0 Å². The van der Waals surface area contributed by atoms with E-state index in [1.54, 1.807) is 6.92 Å². The van der Waals surface area contributed by atoms with Crippen LogP contribution >= 0.6 is 0 Å². The molecule has 12 heavy (non-hydrogen) atoms. The summed E-state index contributed by atoms with van der Waals surface area (Å²) in [5, 5.41) is 6.17. The molecule has 0 saturated heterocycles. The fourth-order valence-corrected chi connectivity index (χ4v) is 1.06. The summed E-state index contributed by atoms with van der Waals surface area (Å²) < 4.78 is 0. The third-order valence-electron chi connectivity index (χ3n) is 2.23. The van der Waals surface area contributed by atoms with Crippen molar-refractivity contribution in [2.45, 2.75) is 38.8 Å². The summed E-state index contributed by atoms with van der Waals surface area (Å²) >= 11 is 0. The Hall–Kier alpha value is -0.410. The lowest BCUT2D eigenvalue weighted by Crippen LogP contribution is -2.45. The Bertz CT molecular complexity index is 155. The number of hydrogen-bond acceptors (Lipinski definition) is 3. The molecule has 0 aliphatic carbocycles. The van der Waals surface area contributed by atoms with Crippen LogP contribution in [-0.2, 0) is 4.79 Å². The summed E-state index contributed by atoms with van der Waals surface area (Å²) in [5.41, 5.74) is 0.0132. The van der Waals surface area contributed by atoms with Gasteiger partial charge >= 0.3 is 0 Å². The van der Waals surface area contributed by atoms with Crippen molar-refractivity contribution in [2.75, 3.05) is 14.1 Å². The molecule has 0 aromatic heterocycles. The second-order valence-electron chi connectivity index (χ2n) is 3.79. The summed E-state index contributed by atoms with van der Waals surface area (Å²) in [6, 6.07) is -0.0348. The van der Waals surface area contributed by atoms with Gasteiger partial charge in [-0.05, 0) is 41.3 Å². The maximum Gasteiger partial charge on any atom is 0.146 e. The van der Waals surface area contributed by atoms with Crippen molar-refractivity contribution in [3.8, 4) is 0 Å². The van der Waals surface area contributed by atoms with Gasteiger partial charge in [0, 0.05) is 5.54 Å². The van der Waals surface area contributed by atoms with Gasteiger partial charge in [0.2, 0.25) is 0 Å². The number of rotatable bonds is 5. The van der Waals surface area contributed by atoms with Crippen LogP contribution in [0.3, 0.4) is 0 Å². The second-order valence-corrected chi connectivity index (χ2v) is 3.79. The number of hydrogen-bond donors (Lipinski definition) is 2. The minimum atomic E-state index is -0.0348. The van der Waals surface area contributed by atoms with Crippen LogP contribution in [0.5, 0.6) is 0 Å². The van der Waals surface area contributed by atoms with Gasteiger partial charge in [0.05, 0.1) is 6.04 Å². The molecule has 2 N–H and O–H groups in total. The Morgan fingerprint density at radius 3 is 2.17 bits per heavy atom. The van der Waals surface area contributed by atoms with E-state index in [1.807, 2.05) is 14.1 Å². The van der Waals surface area contributed by atoms with Crippen LogP contribution < -0.4 is 10.6 Å². The molecule has 3 nitrogen and oxygen atoms in total. The first-order valence-corrected chi connectivity index (χ1v) is 4.29. The number of carbonyl (C=O) groups excluding carboxylic acids is 1. The molecule has 0 bridgehead atoms. The number of nitrogens with one attached hydrogen (secondary N) is 2. The zero-order valence-electron chi connectivity index (χ0n) is 8.69. The number of ketones is 1. The SMILES string of the molecule is CNC(CC(C)(C)NC)C(C)=O. The summed E-state index contributed by atoms with van der Waals surface area (Å²) in [5.74, 6) is 0.195. The smallest absolute Gasteiger partial charge is 0.146 e. The Labute approximate surface area is 74.9 Å². The molecule has 0 fully saturated rings. The summed E-state index contributed by atoms with van der Waals surface area (Å²) in [7, 11) is 3.73. The molecule has 0 aromatic carbocycles. The number of Topliss-reactive ketones (excluding diaryl/α,β-unsaturated/α-hetero) is 1. The highest BCUT2D eigenvalue weighted by molar-refractivity contribution is 5.81. The molecule has 3 heteroatoms. The molecule has 72 valence electrons. The summed E-state index contributed by atoms with van der Waals surface area (Å²) in [6.07, 6.45) is 0.815. The lowest BCUT2D eigenvalue weighted by Gasteiger charge is -2.27. The van der Waals surface area contributed by atoms with E-state index in [-0.39, 0.29) is 17.4 Å². The quantitative estimate of drug-likeness (QED) is 0.636. The van der Waals surface area contributed by atoms with E-state index in [0.29, 0.717) is 0 Å². The molecule has 1 atom stereocenters. The highest BCUT2D eigenvalue weighted by atomic mass is 16.1. The third-order valence-corrected chi connectivity index (χ3v) is 2.23. The maximum absolute atomic E-state index is 11.1. The van der Waals surface area contributed by atoms with Crippen LogP contribution in [0.2, 0.25) is 0 Å². The van der Waals surface area contributed by atoms with Gasteiger partial charge in [0.1, 0.15) is 5.78 Å². The van der Waals surface area contributed by atoms with Crippen molar-refractivity contribution in [3.63, 3.8) is 0 Å². The lowest BCUT2D eigenvalue weighted by molar-refractivity contribution is -0.119. The molecule has 0 aliphatic heterocycles. The van der Waals surface area contributed by atoms with Gasteiger partial charge in [-0.25, -0.2) is 0 Å². The van der Waals surface area contributed by atoms with Crippen LogP contribution in [0.25, 0.3) is 0 Å². The van der Waals surface area contributed by atoms with E-state index >= 15 is 0 Å². The van der Waals surface area contributed by atoms with Crippen molar-refractivity contribution in [2.24, 2.45) is 0 Å². The van der Waals surface area contributed by atoms with Gasteiger partial charge in [-0.3, -0.25) is 4.79 Å². The predicted octanol–water partition coefficient (Wildman–Crippen LogP) is 0.551. The summed E-state index contributed by atoms with van der Waals surface area (Å²) in [4.78, 5) is 11.1. The van der Waals surface area contributed by atoms with Crippen LogP contribution in [0.15, 0.2) is 0 Å². The molecular weight excluding hydrogens is 152 g/mol. The van der Waals surface area contributed by atoms with Crippen LogP contribution in [0, 0.1) is 0 Å². The number of likely N-dealkylation sites (N-methyl/N-ethyl adjacent to an activating group) is 1. The molecule has 0 aliphatic rings. The first-order chi connectivity index (χ1) is 5.43. The zero-order chi connectivity index (χ0) is 9.78. The summed E-state index contributed by atoms with van der Waals surface area (Å²) in [6.45, 7) is 5.79. The molecule has 0 amide bonds. The average molecular weight is 172 g/mol. The average Bonchev–Trinajstić information content (AvgIpc) is 2.00. The van der Waals surface area contributed by atoms with Crippen molar-refractivity contribution in [3.05, 3.63) is 0 Å². The van der Waals surface area contributed by atoms with Crippen molar-refractivity contribution >= 4 is 5.78 Å². The van der Waals surface area contributed by atoms with E-state index in [2.05, 4.69) is 24.5 Å². The highest BCUT2D eigenvalue weighted by Crippen LogP contribution is 2.10. The fourth-order valence-electron chi connectivity index (χ4n) is 1.06. The van der Waals surface area contributed by atoms with Gasteiger partial charge in [-0.15, -0.1) is 0 Å². The monoisotopic (exact) mass is 172 g/mol. The molecule has 0 heterocycles. The Kier molecular flexibility index (Phi) is 4.42. The Morgan fingerprint density at radius 1 is 1.42 bits per heavy atom. The van der Waals surface area contributed by atoms with E-state index in [0.717, 1.165) is 6.42 Å². The molecule has 0 aromatic rings. The first kappa shape index (κ1) is 11.6. The molecule has 0 spiro atoms. The van der Waals surface area contributed by atoms with E-state index < -0.39 is 0 Å². The normalized spacial score (nSPS) is 14.4. The van der Waals surface area contributed by atoms with Crippen LogP contribution in [-0.4, -0.2) is 31.5 Å². The minimum absolute atomic E-state index is 0.0132. The first-order valence-electron chi connectivity index (χ1n) is 4.29. The predicted molar refractivity (Wildman–Crippen MR) is 51.3 cm³/mol. The molecule has 0 rings (SSSR count). The topological polar surface area (TPSA) is 41.1 Å². The van der Waals surface area contributed by atoms with E-state index in [9.17, 15) is 4.79 Å².